The molecule has 2 heterocycles. The second-order valence-corrected chi connectivity index (χ2v) is 14.9. The Labute approximate surface area is 233 Å². The van der Waals surface area contributed by atoms with E-state index in [4.69, 9.17) is 0 Å². The Morgan fingerprint density at radius 1 is 0.436 bits per heavy atom. The van der Waals surface area contributed by atoms with Crippen molar-refractivity contribution in [3.05, 3.63) is 152 Å². The van der Waals surface area contributed by atoms with E-state index in [0.717, 1.165) is 0 Å². The van der Waals surface area contributed by atoms with Crippen molar-refractivity contribution in [2.45, 2.75) is 9.79 Å². The molecular weight excluding hydrogens is 507 g/mol. The van der Waals surface area contributed by atoms with Crippen molar-refractivity contribution in [3.8, 4) is 5.69 Å². The third-order valence-electron chi connectivity index (χ3n) is 8.13. The molecule has 0 unspecified atom stereocenters. The molecule has 0 atom stereocenters. The maximum Gasteiger partial charge on any atom is 0.181 e. The van der Waals surface area contributed by atoms with E-state index in [1.165, 1.54) is 58.0 Å². The molecule has 6 aromatic carbocycles. The highest BCUT2D eigenvalue weighted by Gasteiger charge is 2.46. The number of rotatable bonds is 3. The smallest absolute Gasteiger partial charge is 0.181 e. The van der Waals surface area contributed by atoms with Crippen LogP contribution in [0, 0.1) is 0 Å². The number of hydrogen-bond acceptors (Lipinski definition) is 1. The van der Waals surface area contributed by atoms with Gasteiger partial charge in [-0.3, -0.25) is 0 Å². The molecule has 0 fully saturated rings. The van der Waals surface area contributed by atoms with Gasteiger partial charge < -0.3 is 4.57 Å². The van der Waals surface area contributed by atoms with Gasteiger partial charge in [-0.25, -0.2) is 0 Å². The summed E-state index contributed by atoms with van der Waals surface area (Å²) in [6.45, 7) is 0. The number of fused-ring (bicyclic) bond motifs is 5. The molecule has 7 aromatic rings. The first-order chi connectivity index (χ1) is 19.4. The molecule has 184 valence electrons. The molecule has 0 amide bonds. The van der Waals surface area contributed by atoms with Gasteiger partial charge in [-0.2, -0.15) is 0 Å². The van der Waals surface area contributed by atoms with Crippen molar-refractivity contribution in [1.82, 2.24) is 4.57 Å². The summed E-state index contributed by atoms with van der Waals surface area (Å²) in [5.74, 6) is 0. The van der Waals surface area contributed by atoms with Crippen LogP contribution in [-0.2, 0) is 0 Å². The summed E-state index contributed by atoms with van der Waals surface area (Å²) < 4.78 is 2.41. The van der Waals surface area contributed by atoms with E-state index >= 15 is 0 Å². The first kappa shape index (κ1) is 22.7. The Hall–Kier alpha value is -4.31. The van der Waals surface area contributed by atoms with Crippen molar-refractivity contribution >= 4 is 62.4 Å². The average molecular weight is 532 g/mol. The lowest BCUT2D eigenvalue weighted by Crippen LogP contribution is -2.76. The molecule has 0 N–H and O–H groups in total. The van der Waals surface area contributed by atoms with Crippen molar-refractivity contribution < 1.29 is 0 Å². The largest absolute Gasteiger partial charge is 0.309 e. The van der Waals surface area contributed by atoms with Crippen molar-refractivity contribution in [1.29, 1.82) is 0 Å². The summed E-state index contributed by atoms with van der Waals surface area (Å²) in [6, 6.07) is 56.3. The van der Waals surface area contributed by atoms with Gasteiger partial charge in [0, 0.05) is 26.3 Å². The van der Waals surface area contributed by atoms with Gasteiger partial charge in [0.1, 0.15) is 0 Å². The summed E-state index contributed by atoms with van der Waals surface area (Å²) in [5.41, 5.74) is 3.68. The summed E-state index contributed by atoms with van der Waals surface area (Å²) >= 11 is 1.91. The van der Waals surface area contributed by atoms with Gasteiger partial charge in [-0.05, 0) is 57.1 Å². The van der Waals surface area contributed by atoms with Crippen LogP contribution >= 0.6 is 11.8 Å². The van der Waals surface area contributed by atoms with E-state index < -0.39 is 8.07 Å². The monoisotopic (exact) mass is 531 g/mol. The zero-order valence-corrected chi connectivity index (χ0v) is 23.1. The lowest BCUT2D eigenvalue weighted by Gasteiger charge is -2.39. The number of para-hydroxylation sites is 2. The van der Waals surface area contributed by atoms with Gasteiger partial charge >= 0.3 is 0 Å². The lowest BCUT2D eigenvalue weighted by atomic mass is 10.1. The molecule has 0 radical (unpaired) electrons. The topological polar surface area (TPSA) is 4.93 Å². The normalized spacial score (nSPS) is 13.7. The number of aromatic nitrogens is 1. The van der Waals surface area contributed by atoms with Crippen molar-refractivity contribution in [2.24, 2.45) is 0 Å². The fraction of sp³-hybridized carbons (Fsp3) is 0. The molecule has 0 saturated heterocycles. The third-order valence-corrected chi connectivity index (χ3v) is 14.5. The van der Waals surface area contributed by atoms with Crippen LogP contribution in [0.5, 0.6) is 0 Å². The summed E-state index contributed by atoms with van der Waals surface area (Å²) in [5, 5.41) is 8.41. The van der Waals surface area contributed by atoms with Gasteiger partial charge in [0.25, 0.3) is 0 Å². The van der Waals surface area contributed by atoms with E-state index in [9.17, 15) is 0 Å². The minimum atomic E-state index is -2.58. The Balaban J connectivity index is 1.52. The van der Waals surface area contributed by atoms with Crippen LogP contribution < -0.4 is 20.7 Å². The van der Waals surface area contributed by atoms with Crippen molar-refractivity contribution in [3.63, 3.8) is 0 Å². The third kappa shape index (κ3) is 3.27. The SMILES string of the molecule is c1ccc(-n2c3ccccc3c3cc([Si]4(c5ccccc5)c5ccccc5Sc5ccccc54)ccc32)cc1. The van der Waals surface area contributed by atoms with Gasteiger partial charge in [0.15, 0.2) is 8.07 Å². The quantitative estimate of drug-likeness (QED) is 0.232. The highest BCUT2D eigenvalue weighted by Crippen LogP contribution is 2.35. The summed E-state index contributed by atoms with van der Waals surface area (Å²) in [6.07, 6.45) is 0. The van der Waals surface area contributed by atoms with Crippen LogP contribution in [0.3, 0.4) is 0 Å². The lowest BCUT2D eigenvalue weighted by molar-refractivity contribution is 1.18. The average Bonchev–Trinajstić information content (AvgIpc) is 3.34. The highest BCUT2D eigenvalue weighted by molar-refractivity contribution is 8.00. The van der Waals surface area contributed by atoms with E-state index in [2.05, 4.69) is 156 Å². The molecule has 0 spiro atoms. The highest BCUT2D eigenvalue weighted by atomic mass is 32.2. The van der Waals surface area contributed by atoms with Crippen LogP contribution in [0.4, 0.5) is 0 Å². The molecule has 3 heteroatoms. The van der Waals surface area contributed by atoms with Crippen molar-refractivity contribution in [2.75, 3.05) is 0 Å². The van der Waals surface area contributed by atoms with Gasteiger partial charge in [0.05, 0.1) is 11.0 Å². The van der Waals surface area contributed by atoms with Gasteiger partial charge in [-0.1, -0.05) is 127 Å². The molecule has 1 aromatic heterocycles. The van der Waals surface area contributed by atoms with Crippen LogP contribution in [0.2, 0.25) is 0 Å². The molecule has 8 rings (SSSR count). The van der Waals surface area contributed by atoms with Crippen LogP contribution in [0.25, 0.3) is 27.5 Å². The fourth-order valence-corrected chi connectivity index (χ4v) is 13.5. The minimum Gasteiger partial charge on any atom is -0.309 e. The molecule has 1 aliphatic heterocycles. The zero-order chi connectivity index (χ0) is 25.8. The van der Waals surface area contributed by atoms with E-state index in [1.807, 2.05) is 11.8 Å². The molecule has 0 saturated carbocycles. The standard InChI is InChI=1S/C36H25NSSi/c1-3-13-26(14-4-1)37-31-18-8-7-17-29(31)30-25-28(23-24-32(30)37)39(27-15-5-2-6-16-27)35-21-11-9-19-33(35)38-34-20-10-12-22-36(34)39/h1-25H. The molecule has 0 aliphatic carbocycles. The zero-order valence-electron chi connectivity index (χ0n) is 21.3. The Kier molecular flexibility index (Phi) is 5.15. The molecule has 39 heavy (non-hydrogen) atoms. The second-order valence-electron chi connectivity index (χ2n) is 10.1. The molecule has 1 nitrogen and oxygen atoms in total. The van der Waals surface area contributed by atoms with Crippen LogP contribution in [0.15, 0.2) is 161 Å². The maximum atomic E-state index is 2.51. The van der Waals surface area contributed by atoms with Gasteiger partial charge in [-0.15, -0.1) is 0 Å². The van der Waals surface area contributed by atoms with Crippen LogP contribution in [-0.4, -0.2) is 12.6 Å². The first-order valence-electron chi connectivity index (χ1n) is 13.4. The predicted octanol–water partition coefficient (Wildman–Crippen LogP) is 6.63. The molecule has 0 bridgehead atoms. The van der Waals surface area contributed by atoms with E-state index in [1.54, 1.807) is 0 Å². The number of hydrogen-bond donors (Lipinski definition) is 0. The van der Waals surface area contributed by atoms with E-state index in [-0.39, 0.29) is 0 Å². The maximum absolute atomic E-state index is 2.58. The van der Waals surface area contributed by atoms with Crippen LogP contribution in [0.1, 0.15) is 0 Å². The van der Waals surface area contributed by atoms with E-state index in [0.29, 0.717) is 0 Å². The molecular formula is C36H25NSSi. The Morgan fingerprint density at radius 3 is 1.72 bits per heavy atom. The minimum absolute atomic E-state index is 1.19. The Bertz CT molecular complexity index is 1950. The second kappa shape index (κ2) is 8.87. The summed E-state index contributed by atoms with van der Waals surface area (Å²) in [7, 11) is -2.58. The molecule has 1 aliphatic rings. The first-order valence-corrected chi connectivity index (χ1v) is 16.2. The fourth-order valence-electron chi connectivity index (χ4n) is 6.53. The summed E-state index contributed by atoms with van der Waals surface area (Å²) in [4.78, 5) is 2.75. The number of nitrogens with zero attached hydrogens (tertiary/aromatic N) is 1. The van der Waals surface area contributed by atoms with Gasteiger partial charge in [0.2, 0.25) is 0 Å². The predicted molar refractivity (Wildman–Crippen MR) is 169 cm³/mol. The Morgan fingerprint density at radius 2 is 1.00 bits per heavy atom. The number of benzene rings is 6.